The molecule has 98 valence electrons. The zero-order chi connectivity index (χ0) is 13.4. The first kappa shape index (κ1) is 11.6. The summed E-state index contributed by atoms with van der Waals surface area (Å²) in [5.41, 5.74) is 1.58. The Morgan fingerprint density at radius 3 is 3.11 bits per heavy atom. The molecule has 1 aromatic carbocycles. The van der Waals surface area contributed by atoms with Gasteiger partial charge in [0, 0.05) is 38.2 Å². The molecule has 0 amide bonds. The number of nitrogens with zero attached hydrogens (tertiary/aromatic N) is 4. The van der Waals surface area contributed by atoms with Gasteiger partial charge >= 0.3 is 0 Å². The van der Waals surface area contributed by atoms with Gasteiger partial charge in [0.25, 0.3) is 5.69 Å². The molecule has 0 saturated carbocycles. The second-order valence-electron chi connectivity index (χ2n) is 4.47. The molecule has 1 atom stereocenters. The Balaban J connectivity index is 1.97. The number of fused-ring (bicyclic) bond motifs is 1. The van der Waals surface area contributed by atoms with Gasteiger partial charge in [-0.2, -0.15) is 0 Å². The molecular formula is C12H12N4O3. The minimum atomic E-state index is -0.403. The topological polar surface area (TPSA) is 82.5 Å². The second kappa shape index (κ2) is 4.34. The van der Waals surface area contributed by atoms with Gasteiger partial charge in [-0.1, -0.05) is 5.16 Å². The number of imidazole rings is 1. The average molecular weight is 260 g/mol. The Kier molecular flexibility index (Phi) is 2.66. The lowest BCUT2D eigenvalue weighted by molar-refractivity contribution is -0.384. The lowest BCUT2D eigenvalue weighted by Crippen LogP contribution is -2.12. The summed E-state index contributed by atoms with van der Waals surface area (Å²) in [7, 11) is 1.85. The number of hydrogen-bond acceptors (Lipinski definition) is 5. The van der Waals surface area contributed by atoms with E-state index in [1.807, 2.05) is 11.6 Å². The number of aromatic nitrogens is 2. The third kappa shape index (κ3) is 2.03. The van der Waals surface area contributed by atoms with Crippen LogP contribution in [0.15, 0.2) is 23.4 Å². The van der Waals surface area contributed by atoms with E-state index in [9.17, 15) is 10.1 Å². The van der Waals surface area contributed by atoms with E-state index < -0.39 is 4.92 Å². The summed E-state index contributed by atoms with van der Waals surface area (Å²) in [6.45, 7) is 0. The van der Waals surface area contributed by atoms with E-state index in [-0.39, 0.29) is 11.8 Å². The van der Waals surface area contributed by atoms with E-state index in [4.69, 9.17) is 4.84 Å². The Bertz CT molecular complexity index is 669. The van der Waals surface area contributed by atoms with E-state index in [0.717, 1.165) is 23.3 Å². The molecule has 2 aromatic rings. The molecule has 0 aliphatic carbocycles. The molecule has 7 nitrogen and oxygen atoms in total. The lowest BCUT2D eigenvalue weighted by atomic mass is 10.2. The van der Waals surface area contributed by atoms with Gasteiger partial charge in [0.1, 0.15) is 11.9 Å². The summed E-state index contributed by atoms with van der Waals surface area (Å²) in [6, 6.07) is 4.68. The van der Waals surface area contributed by atoms with E-state index >= 15 is 0 Å². The number of aryl methyl sites for hydroxylation is 1. The molecule has 1 unspecified atom stereocenters. The van der Waals surface area contributed by atoms with Crippen LogP contribution in [0.25, 0.3) is 11.0 Å². The third-order valence-electron chi connectivity index (χ3n) is 3.23. The standard InChI is InChI=1S/C12H12N4O3/c1-15-11-6-8(16(17)18)2-3-10(11)14-12(15)7-9-4-5-13-19-9/h2-3,5-6,9H,4,7H2,1H3. The van der Waals surface area contributed by atoms with Crippen LogP contribution in [-0.2, 0) is 18.3 Å². The summed E-state index contributed by atoms with van der Waals surface area (Å²) >= 11 is 0. The molecule has 0 fully saturated rings. The number of hydrogen-bond donors (Lipinski definition) is 0. The van der Waals surface area contributed by atoms with Crippen LogP contribution in [0.1, 0.15) is 12.2 Å². The molecule has 0 saturated heterocycles. The van der Waals surface area contributed by atoms with Crippen LogP contribution in [0.5, 0.6) is 0 Å². The van der Waals surface area contributed by atoms with Crippen molar-refractivity contribution in [2.45, 2.75) is 18.9 Å². The minimum Gasteiger partial charge on any atom is -0.392 e. The van der Waals surface area contributed by atoms with Gasteiger partial charge in [0.15, 0.2) is 0 Å². The van der Waals surface area contributed by atoms with Crippen molar-refractivity contribution in [3.63, 3.8) is 0 Å². The van der Waals surface area contributed by atoms with Crippen molar-refractivity contribution in [1.29, 1.82) is 0 Å². The average Bonchev–Trinajstić information content (AvgIpc) is 2.99. The molecule has 1 aromatic heterocycles. The molecule has 1 aliphatic heterocycles. The number of rotatable bonds is 3. The maximum atomic E-state index is 10.8. The molecule has 0 N–H and O–H groups in total. The van der Waals surface area contributed by atoms with Gasteiger partial charge in [-0.3, -0.25) is 10.1 Å². The van der Waals surface area contributed by atoms with Crippen molar-refractivity contribution < 1.29 is 9.76 Å². The molecule has 2 heterocycles. The van der Waals surface area contributed by atoms with Crippen LogP contribution in [0.3, 0.4) is 0 Å². The van der Waals surface area contributed by atoms with Crippen LogP contribution in [0.4, 0.5) is 5.69 Å². The number of nitro benzene ring substituents is 1. The SMILES string of the molecule is Cn1c(CC2CC=NO2)nc2ccc([N+](=O)[O-])cc21. The number of non-ortho nitro benzene ring substituents is 1. The Hall–Kier alpha value is -2.44. The highest BCUT2D eigenvalue weighted by molar-refractivity contribution is 5.78. The van der Waals surface area contributed by atoms with Crippen molar-refractivity contribution >= 4 is 22.9 Å². The molecule has 0 spiro atoms. The summed E-state index contributed by atoms with van der Waals surface area (Å²) in [5.74, 6) is 0.839. The first-order valence-corrected chi connectivity index (χ1v) is 5.92. The molecule has 3 rings (SSSR count). The summed E-state index contributed by atoms with van der Waals surface area (Å²) in [4.78, 5) is 20.0. The Morgan fingerprint density at radius 2 is 2.42 bits per heavy atom. The normalized spacial score (nSPS) is 17.8. The lowest BCUT2D eigenvalue weighted by Gasteiger charge is -2.07. The van der Waals surface area contributed by atoms with Crippen molar-refractivity contribution in [1.82, 2.24) is 9.55 Å². The third-order valence-corrected chi connectivity index (χ3v) is 3.23. The van der Waals surface area contributed by atoms with Gasteiger partial charge in [-0.15, -0.1) is 0 Å². The highest BCUT2D eigenvalue weighted by Gasteiger charge is 2.19. The number of nitro groups is 1. The first-order valence-electron chi connectivity index (χ1n) is 5.92. The summed E-state index contributed by atoms with van der Waals surface area (Å²) < 4.78 is 1.87. The first-order chi connectivity index (χ1) is 9.15. The number of oxime groups is 1. The molecule has 1 aliphatic rings. The van der Waals surface area contributed by atoms with Gasteiger partial charge in [0.05, 0.1) is 16.0 Å². The van der Waals surface area contributed by atoms with E-state index in [1.54, 1.807) is 12.3 Å². The predicted molar refractivity (Wildman–Crippen MR) is 69.1 cm³/mol. The van der Waals surface area contributed by atoms with Crippen LogP contribution in [0, 0.1) is 10.1 Å². The number of benzene rings is 1. The highest BCUT2D eigenvalue weighted by atomic mass is 16.6. The van der Waals surface area contributed by atoms with Gasteiger partial charge < -0.3 is 9.40 Å². The zero-order valence-electron chi connectivity index (χ0n) is 10.3. The maximum Gasteiger partial charge on any atom is 0.271 e. The van der Waals surface area contributed by atoms with Crippen molar-refractivity contribution in [3.8, 4) is 0 Å². The largest absolute Gasteiger partial charge is 0.392 e. The van der Waals surface area contributed by atoms with Crippen LogP contribution in [-0.4, -0.2) is 26.8 Å². The highest BCUT2D eigenvalue weighted by Crippen LogP contribution is 2.22. The van der Waals surface area contributed by atoms with Crippen molar-refractivity contribution in [2.24, 2.45) is 12.2 Å². The summed E-state index contributed by atoms with van der Waals surface area (Å²) in [5, 5.41) is 14.5. The Morgan fingerprint density at radius 1 is 1.58 bits per heavy atom. The fourth-order valence-corrected chi connectivity index (χ4v) is 2.18. The van der Waals surface area contributed by atoms with Crippen molar-refractivity contribution in [2.75, 3.05) is 0 Å². The summed E-state index contributed by atoms with van der Waals surface area (Å²) in [6.07, 6.45) is 3.14. The minimum absolute atomic E-state index is 0.00509. The van der Waals surface area contributed by atoms with E-state index in [2.05, 4.69) is 10.1 Å². The van der Waals surface area contributed by atoms with E-state index in [1.165, 1.54) is 12.1 Å². The second-order valence-corrected chi connectivity index (χ2v) is 4.47. The monoisotopic (exact) mass is 260 g/mol. The van der Waals surface area contributed by atoms with Crippen molar-refractivity contribution in [3.05, 3.63) is 34.1 Å². The zero-order valence-corrected chi connectivity index (χ0v) is 10.3. The van der Waals surface area contributed by atoms with E-state index in [0.29, 0.717) is 6.42 Å². The Labute approximate surface area is 108 Å². The molecule has 7 heteroatoms. The quantitative estimate of drug-likeness (QED) is 0.622. The predicted octanol–water partition coefficient (Wildman–Crippen LogP) is 1.80. The van der Waals surface area contributed by atoms with Crippen LogP contribution >= 0.6 is 0 Å². The molecule has 0 radical (unpaired) electrons. The van der Waals surface area contributed by atoms with Gasteiger partial charge in [0.2, 0.25) is 0 Å². The molecular weight excluding hydrogens is 248 g/mol. The van der Waals surface area contributed by atoms with Gasteiger partial charge in [-0.05, 0) is 6.07 Å². The fourth-order valence-electron chi connectivity index (χ4n) is 2.18. The van der Waals surface area contributed by atoms with Crippen LogP contribution < -0.4 is 0 Å². The maximum absolute atomic E-state index is 10.8. The molecule has 0 bridgehead atoms. The van der Waals surface area contributed by atoms with Crippen LogP contribution in [0.2, 0.25) is 0 Å². The van der Waals surface area contributed by atoms with Gasteiger partial charge in [-0.25, -0.2) is 4.98 Å². The smallest absolute Gasteiger partial charge is 0.271 e. The fraction of sp³-hybridized carbons (Fsp3) is 0.333. The molecule has 19 heavy (non-hydrogen) atoms.